The zero-order chi connectivity index (χ0) is 22.2. The predicted molar refractivity (Wildman–Crippen MR) is 122 cm³/mol. The van der Waals surface area contributed by atoms with Crippen LogP contribution in [-0.4, -0.2) is 29.9 Å². The van der Waals surface area contributed by atoms with E-state index in [9.17, 15) is 9.90 Å². The molecule has 1 N–H and O–H groups in total. The van der Waals surface area contributed by atoms with Crippen LogP contribution < -0.4 is 4.74 Å². The lowest BCUT2D eigenvalue weighted by Gasteiger charge is -2.24. The highest BCUT2D eigenvalue weighted by Crippen LogP contribution is 2.33. The van der Waals surface area contributed by atoms with Gasteiger partial charge < -0.3 is 19.3 Å². The summed E-state index contributed by atoms with van der Waals surface area (Å²) in [6, 6.07) is 27.2. The Morgan fingerprint density at radius 3 is 2.28 bits per heavy atom. The zero-order valence-electron chi connectivity index (χ0n) is 17.8. The molecule has 0 saturated carbocycles. The minimum atomic E-state index is -1.06. The third-order valence-corrected chi connectivity index (χ3v) is 5.30. The van der Waals surface area contributed by atoms with Crippen LogP contribution in [0.3, 0.4) is 0 Å². The molecule has 1 saturated heterocycles. The fraction of sp³-hybridized carbons (Fsp3) is 0.222. The van der Waals surface area contributed by atoms with Gasteiger partial charge in [0.05, 0.1) is 19.8 Å². The van der Waals surface area contributed by atoms with Crippen molar-refractivity contribution < 1.29 is 24.1 Å². The van der Waals surface area contributed by atoms with Crippen molar-refractivity contribution in [3.63, 3.8) is 0 Å². The first-order chi connectivity index (χ1) is 15.7. The van der Waals surface area contributed by atoms with Crippen molar-refractivity contribution in [1.29, 1.82) is 0 Å². The molecule has 1 heterocycles. The first-order valence-corrected chi connectivity index (χ1v) is 10.6. The Kier molecular flexibility index (Phi) is 7.00. The number of rotatable bonds is 9. The van der Waals surface area contributed by atoms with Crippen molar-refractivity contribution in [3.05, 3.63) is 107 Å². The monoisotopic (exact) mass is 430 g/mol. The van der Waals surface area contributed by atoms with Gasteiger partial charge in [0.15, 0.2) is 5.60 Å². The second-order valence-corrected chi connectivity index (χ2v) is 7.90. The van der Waals surface area contributed by atoms with Crippen LogP contribution in [0.2, 0.25) is 0 Å². The maximum absolute atomic E-state index is 12.5. The average molecular weight is 431 g/mol. The molecule has 1 atom stereocenters. The van der Waals surface area contributed by atoms with Gasteiger partial charge in [-0.05, 0) is 34.9 Å². The number of hydrogen-bond donors (Lipinski definition) is 1. The van der Waals surface area contributed by atoms with Crippen molar-refractivity contribution in [1.82, 2.24) is 0 Å². The van der Waals surface area contributed by atoms with E-state index >= 15 is 0 Å². The number of cyclic esters (lactones) is 1. The summed E-state index contributed by atoms with van der Waals surface area (Å²) < 4.78 is 17.2. The van der Waals surface area contributed by atoms with Crippen molar-refractivity contribution in [3.8, 4) is 5.75 Å². The third-order valence-electron chi connectivity index (χ3n) is 5.30. The number of ether oxygens (including phenoxy) is 3. The number of aliphatic hydroxyl groups excluding tert-OH is 1. The molecule has 0 bridgehead atoms. The van der Waals surface area contributed by atoms with Crippen LogP contribution in [0, 0.1) is 0 Å². The highest BCUT2D eigenvalue weighted by Gasteiger charge is 2.43. The molecule has 4 rings (SSSR count). The Morgan fingerprint density at radius 1 is 0.906 bits per heavy atom. The SMILES string of the molecule is O=C1OC(CO)(COCc2ccccc2)C/C1=C\c1cccc(OCc2ccccc2)c1. The smallest absolute Gasteiger partial charge is 0.334 e. The van der Waals surface area contributed by atoms with Gasteiger partial charge in [-0.15, -0.1) is 0 Å². The van der Waals surface area contributed by atoms with Crippen LogP contribution in [0.25, 0.3) is 6.08 Å². The Balaban J connectivity index is 1.39. The molecule has 3 aromatic carbocycles. The molecule has 0 aromatic heterocycles. The van der Waals surface area contributed by atoms with E-state index in [-0.39, 0.29) is 19.6 Å². The van der Waals surface area contributed by atoms with Crippen LogP contribution in [0.5, 0.6) is 5.75 Å². The quantitative estimate of drug-likeness (QED) is 0.399. The van der Waals surface area contributed by atoms with Crippen molar-refractivity contribution in [2.75, 3.05) is 13.2 Å². The maximum Gasteiger partial charge on any atom is 0.334 e. The highest BCUT2D eigenvalue weighted by atomic mass is 16.6. The Bertz CT molecular complexity index is 1060. The molecular weight excluding hydrogens is 404 g/mol. The largest absolute Gasteiger partial charge is 0.489 e. The molecule has 1 fully saturated rings. The summed E-state index contributed by atoms with van der Waals surface area (Å²) in [6.07, 6.45) is 2.07. The van der Waals surface area contributed by atoms with Crippen LogP contribution in [0.15, 0.2) is 90.5 Å². The Hall–Kier alpha value is -3.41. The van der Waals surface area contributed by atoms with Crippen molar-refractivity contribution in [2.24, 2.45) is 0 Å². The number of esters is 1. The van der Waals surface area contributed by atoms with E-state index in [2.05, 4.69) is 0 Å². The first-order valence-electron chi connectivity index (χ1n) is 10.6. The van der Waals surface area contributed by atoms with Crippen LogP contribution in [-0.2, 0) is 27.5 Å². The molecule has 0 aliphatic carbocycles. The molecule has 5 heteroatoms. The number of hydrogen-bond acceptors (Lipinski definition) is 5. The zero-order valence-corrected chi connectivity index (χ0v) is 17.8. The van der Waals surface area contributed by atoms with E-state index in [1.807, 2.05) is 84.9 Å². The first kappa shape index (κ1) is 21.8. The van der Waals surface area contributed by atoms with Gasteiger partial charge in [-0.25, -0.2) is 4.79 Å². The molecule has 0 spiro atoms. The Labute approximate surface area is 187 Å². The molecular formula is C27H26O5. The topological polar surface area (TPSA) is 65.0 Å². The Morgan fingerprint density at radius 2 is 1.59 bits per heavy atom. The summed E-state index contributed by atoms with van der Waals surface area (Å²) in [5.41, 5.74) is 2.38. The molecule has 3 aromatic rings. The van der Waals surface area contributed by atoms with Gasteiger partial charge in [0.1, 0.15) is 12.4 Å². The average Bonchev–Trinajstić information content (AvgIpc) is 3.15. The van der Waals surface area contributed by atoms with Crippen LogP contribution in [0.1, 0.15) is 23.1 Å². The molecule has 1 aliphatic heterocycles. The van der Waals surface area contributed by atoms with Gasteiger partial charge in [0.2, 0.25) is 0 Å². The molecule has 5 nitrogen and oxygen atoms in total. The second-order valence-electron chi connectivity index (χ2n) is 7.90. The fourth-order valence-corrected chi connectivity index (χ4v) is 3.61. The van der Waals surface area contributed by atoms with E-state index in [0.29, 0.717) is 24.5 Å². The van der Waals surface area contributed by atoms with Gasteiger partial charge in [-0.3, -0.25) is 0 Å². The normalized spacial score (nSPS) is 19.2. The minimum Gasteiger partial charge on any atom is -0.489 e. The van der Waals surface area contributed by atoms with E-state index < -0.39 is 11.6 Å². The number of benzene rings is 3. The van der Waals surface area contributed by atoms with Crippen molar-refractivity contribution >= 4 is 12.0 Å². The van der Waals surface area contributed by atoms with E-state index in [4.69, 9.17) is 14.2 Å². The summed E-state index contributed by atoms with van der Waals surface area (Å²) in [7, 11) is 0. The standard InChI is InChI=1S/C27H26O5/c28-19-27(20-30-17-21-8-3-1-4-9-21)16-24(26(29)32-27)14-23-12-7-13-25(15-23)31-18-22-10-5-2-6-11-22/h1-15,28H,16-20H2/b24-14+. The summed E-state index contributed by atoms with van der Waals surface area (Å²) in [5.74, 6) is 0.284. The highest BCUT2D eigenvalue weighted by molar-refractivity contribution is 5.96. The number of aliphatic hydroxyl groups is 1. The lowest BCUT2D eigenvalue weighted by atomic mass is 9.98. The molecule has 32 heavy (non-hydrogen) atoms. The van der Waals surface area contributed by atoms with E-state index in [1.54, 1.807) is 6.08 Å². The number of carbonyl (C=O) groups is 1. The van der Waals surface area contributed by atoms with Crippen LogP contribution in [0.4, 0.5) is 0 Å². The van der Waals surface area contributed by atoms with Crippen molar-refractivity contribution in [2.45, 2.75) is 25.2 Å². The van der Waals surface area contributed by atoms with Gasteiger partial charge in [-0.1, -0.05) is 72.8 Å². The molecule has 1 aliphatic rings. The minimum absolute atomic E-state index is 0.127. The lowest BCUT2D eigenvalue weighted by molar-refractivity contribution is -0.157. The van der Waals surface area contributed by atoms with Gasteiger partial charge >= 0.3 is 5.97 Å². The summed E-state index contributed by atoms with van der Waals surface area (Å²) in [5, 5.41) is 9.93. The molecule has 0 radical (unpaired) electrons. The lowest BCUT2D eigenvalue weighted by Crippen LogP contribution is -2.38. The van der Waals surface area contributed by atoms with E-state index in [1.165, 1.54) is 0 Å². The van der Waals surface area contributed by atoms with Gasteiger partial charge in [-0.2, -0.15) is 0 Å². The summed E-state index contributed by atoms with van der Waals surface area (Å²) in [4.78, 5) is 12.5. The summed E-state index contributed by atoms with van der Waals surface area (Å²) >= 11 is 0. The van der Waals surface area contributed by atoms with Gasteiger partial charge in [0.25, 0.3) is 0 Å². The molecule has 164 valence electrons. The third kappa shape index (κ3) is 5.63. The fourth-order valence-electron chi connectivity index (χ4n) is 3.61. The second kappa shape index (κ2) is 10.3. The summed E-state index contributed by atoms with van der Waals surface area (Å²) in [6.45, 7) is 0.683. The molecule has 1 unspecified atom stereocenters. The predicted octanol–water partition coefficient (Wildman–Crippen LogP) is 4.54. The van der Waals surface area contributed by atoms with E-state index in [0.717, 1.165) is 16.7 Å². The maximum atomic E-state index is 12.5. The van der Waals surface area contributed by atoms with Gasteiger partial charge in [0, 0.05) is 12.0 Å². The molecule has 0 amide bonds. The number of carbonyl (C=O) groups excluding carboxylic acids is 1. The van der Waals surface area contributed by atoms with Crippen LogP contribution >= 0.6 is 0 Å².